The van der Waals surface area contributed by atoms with Crippen molar-refractivity contribution in [3.8, 4) is 0 Å². The zero-order valence-corrected chi connectivity index (χ0v) is 19.5. The van der Waals surface area contributed by atoms with Crippen molar-refractivity contribution in [3.05, 3.63) is 52.4 Å². The third kappa shape index (κ3) is 9.62. The van der Waals surface area contributed by atoms with Gasteiger partial charge in [0.2, 0.25) is 5.76 Å². The van der Waals surface area contributed by atoms with Crippen molar-refractivity contribution in [2.75, 3.05) is 25.0 Å². The number of nitrogens with one attached hydrogen (secondary N) is 2. The second kappa shape index (κ2) is 15.2. The molecule has 188 valence electrons. The van der Waals surface area contributed by atoms with Crippen molar-refractivity contribution in [1.29, 1.82) is 0 Å². The molecule has 11 heteroatoms. The Kier molecular flexibility index (Phi) is 13.1. The second-order valence-electron chi connectivity index (χ2n) is 7.45. The quantitative estimate of drug-likeness (QED) is 0.389. The summed E-state index contributed by atoms with van der Waals surface area (Å²) in [4.78, 5) is 24.7. The third-order valence-corrected chi connectivity index (χ3v) is 5.77. The van der Waals surface area contributed by atoms with Gasteiger partial charge in [-0.1, -0.05) is 36.7 Å². The Morgan fingerprint density at radius 2 is 1.76 bits per heavy atom. The number of furan rings is 1. The summed E-state index contributed by atoms with van der Waals surface area (Å²) in [6.45, 7) is 2.35. The molecular weight excluding hydrogens is 483 g/mol. The predicted molar refractivity (Wildman–Crippen MR) is 135 cm³/mol. The fourth-order valence-electron chi connectivity index (χ4n) is 3.26. The molecule has 6 N–H and O–H groups in total. The lowest BCUT2D eigenvalue weighted by Crippen LogP contribution is -2.26. The molecule has 0 atom stereocenters. The van der Waals surface area contributed by atoms with E-state index in [0.29, 0.717) is 28.2 Å². The molecule has 2 aliphatic rings. The highest BCUT2D eigenvalue weighted by molar-refractivity contribution is 6.39. The highest BCUT2D eigenvalue weighted by Gasteiger charge is 2.24. The van der Waals surface area contributed by atoms with Crippen molar-refractivity contribution < 1.29 is 24.2 Å². The molecular formula is C23H32Cl2N4O5. The minimum atomic E-state index is -1.03. The van der Waals surface area contributed by atoms with E-state index < -0.39 is 11.9 Å². The van der Waals surface area contributed by atoms with Crippen LogP contribution in [0, 0.1) is 11.8 Å². The van der Waals surface area contributed by atoms with E-state index in [1.54, 1.807) is 18.2 Å². The van der Waals surface area contributed by atoms with Gasteiger partial charge in [0.1, 0.15) is 0 Å². The van der Waals surface area contributed by atoms with Crippen LogP contribution in [0.25, 0.3) is 0 Å². The number of rotatable bonds is 4. The number of guanidine groups is 1. The number of aromatic carboxylic acids is 1. The van der Waals surface area contributed by atoms with Crippen molar-refractivity contribution in [2.45, 2.75) is 33.1 Å². The normalized spacial score (nSPS) is 18.5. The fraction of sp³-hybridized carbons (Fsp3) is 0.435. The first-order valence-electron chi connectivity index (χ1n) is 10.5. The lowest BCUT2D eigenvalue weighted by molar-refractivity contribution is -0.143. The van der Waals surface area contributed by atoms with Crippen LogP contribution in [0.5, 0.6) is 0 Å². The number of carbonyl (C=O) groups is 2. The number of hydrogen-bond acceptors (Lipinski definition) is 7. The molecule has 34 heavy (non-hydrogen) atoms. The van der Waals surface area contributed by atoms with Crippen LogP contribution in [0.1, 0.15) is 43.7 Å². The number of aliphatic carboxylic acids is 1. The Labute approximate surface area is 209 Å². The Morgan fingerprint density at radius 1 is 1.12 bits per heavy atom. The number of aliphatic imine (C=N–C) groups is 1. The Bertz CT molecular complexity index is 909. The van der Waals surface area contributed by atoms with Gasteiger partial charge in [0.15, 0.2) is 5.96 Å². The maximum atomic E-state index is 10.5. The smallest absolute Gasteiger partial charge is 0.371 e. The first-order valence-corrected chi connectivity index (χ1v) is 11.3. The molecule has 1 aliphatic heterocycles. The van der Waals surface area contributed by atoms with Crippen LogP contribution in [0.2, 0.25) is 10.0 Å². The molecule has 0 saturated heterocycles. The van der Waals surface area contributed by atoms with Gasteiger partial charge in [0.05, 0.1) is 34.5 Å². The number of para-hydroxylation sites is 1. The van der Waals surface area contributed by atoms with Gasteiger partial charge < -0.3 is 31.0 Å². The zero-order valence-electron chi connectivity index (χ0n) is 18.0. The van der Waals surface area contributed by atoms with E-state index in [-0.39, 0.29) is 19.1 Å². The molecule has 0 bridgehead atoms. The van der Waals surface area contributed by atoms with Crippen molar-refractivity contribution in [2.24, 2.45) is 22.6 Å². The molecule has 1 aliphatic carbocycles. The van der Waals surface area contributed by atoms with Gasteiger partial charge in [-0.25, -0.2) is 4.79 Å². The summed E-state index contributed by atoms with van der Waals surface area (Å²) in [7, 11) is 0. The second-order valence-corrected chi connectivity index (χ2v) is 8.27. The van der Waals surface area contributed by atoms with Crippen molar-refractivity contribution in [3.63, 3.8) is 0 Å². The SMILES string of the molecule is C.Clc1cccc(Cl)c1NC1=NCCN1.NCC1CCC(C(=O)O)CC1.O=C(O)c1ccco1. The van der Waals surface area contributed by atoms with E-state index in [4.69, 9.17) is 39.1 Å². The summed E-state index contributed by atoms with van der Waals surface area (Å²) in [5.74, 6) is -0.496. The van der Waals surface area contributed by atoms with Crippen LogP contribution in [-0.4, -0.2) is 47.7 Å². The number of benzene rings is 1. The zero-order chi connectivity index (χ0) is 24.2. The van der Waals surface area contributed by atoms with E-state index in [1.807, 2.05) is 0 Å². The first kappa shape index (κ1) is 29.3. The summed E-state index contributed by atoms with van der Waals surface area (Å²) in [6.07, 6.45) is 4.94. The highest BCUT2D eigenvalue weighted by atomic mass is 35.5. The number of nitrogens with zero attached hydrogens (tertiary/aromatic N) is 1. The molecule has 9 nitrogen and oxygen atoms in total. The number of carboxylic acid groups (broad SMARTS) is 2. The maximum Gasteiger partial charge on any atom is 0.371 e. The summed E-state index contributed by atoms with van der Waals surface area (Å²) < 4.78 is 4.50. The molecule has 0 unspecified atom stereocenters. The van der Waals surface area contributed by atoms with Crippen LogP contribution < -0.4 is 16.4 Å². The molecule has 4 rings (SSSR count). The van der Waals surface area contributed by atoms with Gasteiger partial charge in [0.25, 0.3) is 0 Å². The molecule has 2 aromatic rings. The summed E-state index contributed by atoms with van der Waals surface area (Å²) in [5, 5.41) is 24.2. The van der Waals surface area contributed by atoms with Crippen LogP contribution in [-0.2, 0) is 4.79 Å². The topological polar surface area (TPSA) is 150 Å². The van der Waals surface area contributed by atoms with Crippen molar-refractivity contribution in [1.82, 2.24) is 5.32 Å². The van der Waals surface area contributed by atoms with E-state index in [0.717, 1.165) is 44.7 Å². The number of nitrogens with two attached hydrogens (primary N) is 1. The van der Waals surface area contributed by atoms with E-state index in [2.05, 4.69) is 20.0 Å². The van der Waals surface area contributed by atoms with Crippen LogP contribution in [0.3, 0.4) is 0 Å². The molecule has 1 fully saturated rings. The Morgan fingerprint density at radius 3 is 2.18 bits per heavy atom. The molecule has 1 saturated carbocycles. The highest BCUT2D eigenvalue weighted by Crippen LogP contribution is 2.30. The van der Waals surface area contributed by atoms with E-state index in [9.17, 15) is 9.59 Å². The lowest BCUT2D eigenvalue weighted by atomic mass is 9.82. The maximum absolute atomic E-state index is 10.5. The monoisotopic (exact) mass is 514 g/mol. The minimum absolute atomic E-state index is 0. The molecule has 1 aromatic heterocycles. The van der Waals surface area contributed by atoms with E-state index >= 15 is 0 Å². The minimum Gasteiger partial charge on any atom is -0.481 e. The lowest BCUT2D eigenvalue weighted by Gasteiger charge is -2.24. The predicted octanol–water partition coefficient (Wildman–Crippen LogP) is 4.81. The first-order chi connectivity index (χ1) is 15.8. The number of anilines is 1. The average Bonchev–Trinajstić information content (AvgIpc) is 3.52. The van der Waals surface area contributed by atoms with Gasteiger partial charge in [-0.2, -0.15) is 0 Å². The summed E-state index contributed by atoms with van der Waals surface area (Å²) in [6, 6.07) is 8.29. The average molecular weight is 515 g/mol. The largest absolute Gasteiger partial charge is 0.481 e. The molecule has 2 heterocycles. The van der Waals surface area contributed by atoms with Gasteiger partial charge in [0, 0.05) is 6.54 Å². The van der Waals surface area contributed by atoms with Gasteiger partial charge in [-0.3, -0.25) is 9.79 Å². The molecule has 0 spiro atoms. The number of hydrogen-bond donors (Lipinski definition) is 5. The molecule has 1 aromatic carbocycles. The van der Waals surface area contributed by atoms with Crippen LogP contribution in [0.15, 0.2) is 46.0 Å². The molecule has 0 radical (unpaired) electrons. The van der Waals surface area contributed by atoms with Gasteiger partial charge in [-0.05, 0) is 62.4 Å². The number of halogens is 2. The number of carboxylic acids is 2. The fourth-order valence-corrected chi connectivity index (χ4v) is 3.75. The Hall–Kier alpha value is -2.75. The van der Waals surface area contributed by atoms with Crippen LogP contribution >= 0.6 is 23.2 Å². The standard InChI is InChI=1S/C9H9Cl2N3.C8H15NO2.C5H4O3.CH4/c10-6-2-1-3-7(11)8(6)14-9-12-4-5-13-9;9-5-6-1-3-7(4-2-6)8(10)11;6-5(7)4-2-1-3-8-4;/h1-3H,4-5H2,(H2,12,13,14);6-7H,1-5,9H2,(H,10,11);1-3H,(H,6,7);1H4. The van der Waals surface area contributed by atoms with Gasteiger partial charge in [-0.15, -0.1) is 0 Å². The Balaban J connectivity index is 0.000000261. The molecule has 0 amide bonds. The summed E-state index contributed by atoms with van der Waals surface area (Å²) >= 11 is 12.0. The third-order valence-electron chi connectivity index (χ3n) is 5.14. The van der Waals surface area contributed by atoms with Gasteiger partial charge >= 0.3 is 11.9 Å². The summed E-state index contributed by atoms with van der Waals surface area (Å²) in [5.41, 5.74) is 6.18. The van der Waals surface area contributed by atoms with Crippen LogP contribution in [0.4, 0.5) is 5.69 Å². The van der Waals surface area contributed by atoms with Crippen molar-refractivity contribution >= 4 is 46.8 Å². The van der Waals surface area contributed by atoms with E-state index in [1.165, 1.54) is 18.4 Å².